The smallest absolute Gasteiger partial charge is 0.0951 e. The molecule has 1 aliphatic rings. The van der Waals surface area contributed by atoms with E-state index in [2.05, 4.69) is 19.2 Å². The second-order valence-corrected chi connectivity index (χ2v) is 4.55. The standard InChI is InChI=1S/C13H21NO2/c1-3-7-14-13(11-6-8-15-9-11)12-5-4-10(2)16-12/h6,8-10,12-14H,3-5,7H2,1-2H3. The summed E-state index contributed by atoms with van der Waals surface area (Å²) in [6, 6.07) is 2.31. The fourth-order valence-electron chi connectivity index (χ4n) is 2.29. The monoisotopic (exact) mass is 223 g/mol. The van der Waals surface area contributed by atoms with Crippen LogP contribution in [0.25, 0.3) is 0 Å². The normalized spacial score (nSPS) is 27.1. The van der Waals surface area contributed by atoms with Crippen molar-refractivity contribution in [2.75, 3.05) is 6.54 Å². The largest absolute Gasteiger partial charge is 0.472 e. The predicted molar refractivity (Wildman–Crippen MR) is 63.3 cm³/mol. The van der Waals surface area contributed by atoms with Gasteiger partial charge in [0.2, 0.25) is 0 Å². The lowest BCUT2D eigenvalue weighted by Crippen LogP contribution is -2.32. The van der Waals surface area contributed by atoms with E-state index in [1.54, 1.807) is 6.26 Å². The SMILES string of the molecule is CCCNC(c1ccoc1)C1CCC(C)O1. The lowest BCUT2D eigenvalue weighted by atomic mass is 10.0. The van der Waals surface area contributed by atoms with Gasteiger partial charge in [-0.15, -0.1) is 0 Å². The van der Waals surface area contributed by atoms with Gasteiger partial charge >= 0.3 is 0 Å². The van der Waals surface area contributed by atoms with E-state index in [9.17, 15) is 0 Å². The average Bonchev–Trinajstić information content (AvgIpc) is 2.91. The van der Waals surface area contributed by atoms with Gasteiger partial charge < -0.3 is 14.5 Å². The van der Waals surface area contributed by atoms with Crippen LogP contribution in [0.4, 0.5) is 0 Å². The van der Waals surface area contributed by atoms with E-state index in [0.717, 1.165) is 25.8 Å². The maximum Gasteiger partial charge on any atom is 0.0951 e. The second kappa shape index (κ2) is 5.51. The molecular formula is C13H21NO2. The lowest BCUT2D eigenvalue weighted by molar-refractivity contribution is 0.0315. The molecule has 1 fully saturated rings. The molecule has 1 N–H and O–H groups in total. The Labute approximate surface area is 97.2 Å². The van der Waals surface area contributed by atoms with Gasteiger partial charge in [0.05, 0.1) is 30.8 Å². The minimum atomic E-state index is 0.281. The summed E-state index contributed by atoms with van der Waals surface area (Å²) in [4.78, 5) is 0. The minimum absolute atomic E-state index is 0.281. The van der Waals surface area contributed by atoms with Crippen molar-refractivity contribution in [1.29, 1.82) is 0 Å². The van der Waals surface area contributed by atoms with Gasteiger partial charge in [-0.3, -0.25) is 0 Å². The van der Waals surface area contributed by atoms with Gasteiger partial charge in [0.15, 0.2) is 0 Å². The third kappa shape index (κ3) is 2.66. The number of hydrogen-bond donors (Lipinski definition) is 1. The highest BCUT2D eigenvalue weighted by molar-refractivity contribution is 5.14. The van der Waals surface area contributed by atoms with E-state index in [1.165, 1.54) is 5.56 Å². The van der Waals surface area contributed by atoms with Crippen molar-refractivity contribution in [3.05, 3.63) is 24.2 Å². The second-order valence-electron chi connectivity index (χ2n) is 4.55. The van der Waals surface area contributed by atoms with Crippen molar-refractivity contribution in [2.24, 2.45) is 0 Å². The molecule has 1 aromatic rings. The van der Waals surface area contributed by atoms with Crippen LogP contribution in [-0.2, 0) is 4.74 Å². The summed E-state index contributed by atoms with van der Waals surface area (Å²) < 4.78 is 11.1. The highest BCUT2D eigenvalue weighted by Crippen LogP contribution is 2.30. The number of nitrogens with one attached hydrogen (secondary N) is 1. The third-order valence-corrected chi connectivity index (χ3v) is 3.15. The molecule has 2 rings (SSSR count). The molecule has 1 aromatic heterocycles. The van der Waals surface area contributed by atoms with Gasteiger partial charge in [0.1, 0.15) is 0 Å². The topological polar surface area (TPSA) is 34.4 Å². The van der Waals surface area contributed by atoms with E-state index in [4.69, 9.17) is 9.15 Å². The van der Waals surface area contributed by atoms with Crippen LogP contribution in [0.5, 0.6) is 0 Å². The van der Waals surface area contributed by atoms with E-state index < -0.39 is 0 Å². The van der Waals surface area contributed by atoms with Crippen molar-refractivity contribution in [2.45, 2.75) is 51.4 Å². The summed E-state index contributed by atoms with van der Waals surface area (Å²) in [7, 11) is 0. The van der Waals surface area contributed by atoms with Crippen LogP contribution in [0.2, 0.25) is 0 Å². The Morgan fingerprint density at radius 1 is 1.50 bits per heavy atom. The maximum absolute atomic E-state index is 5.94. The molecule has 0 bridgehead atoms. The molecule has 16 heavy (non-hydrogen) atoms. The zero-order valence-corrected chi connectivity index (χ0v) is 10.1. The van der Waals surface area contributed by atoms with Crippen LogP contribution in [0, 0.1) is 0 Å². The van der Waals surface area contributed by atoms with Crippen LogP contribution in [0.3, 0.4) is 0 Å². The van der Waals surface area contributed by atoms with Gasteiger partial charge in [-0.05, 0) is 38.8 Å². The van der Waals surface area contributed by atoms with Crippen molar-refractivity contribution in [3.8, 4) is 0 Å². The Kier molecular flexibility index (Phi) is 4.02. The Morgan fingerprint density at radius 3 is 2.94 bits per heavy atom. The quantitative estimate of drug-likeness (QED) is 0.833. The van der Waals surface area contributed by atoms with Gasteiger partial charge in [-0.2, -0.15) is 0 Å². The minimum Gasteiger partial charge on any atom is -0.472 e. The first kappa shape index (κ1) is 11.7. The molecule has 0 aromatic carbocycles. The Morgan fingerprint density at radius 2 is 2.38 bits per heavy atom. The number of ether oxygens (including phenoxy) is 1. The van der Waals surface area contributed by atoms with Crippen molar-refractivity contribution < 1.29 is 9.15 Å². The summed E-state index contributed by atoms with van der Waals surface area (Å²) in [5, 5.41) is 3.55. The Bertz CT molecular complexity index is 297. The molecular weight excluding hydrogens is 202 g/mol. The Balaban J connectivity index is 2.02. The van der Waals surface area contributed by atoms with E-state index in [0.29, 0.717) is 12.2 Å². The van der Waals surface area contributed by atoms with Crippen LogP contribution >= 0.6 is 0 Å². The van der Waals surface area contributed by atoms with E-state index in [-0.39, 0.29) is 6.04 Å². The summed E-state index contributed by atoms with van der Waals surface area (Å²) in [6.45, 7) is 5.34. The summed E-state index contributed by atoms with van der Waals surface area (Å²) >= 11 is 0. The highest BCUT2D eigenvalue weighted by Gasteiger charge is 2.30. The number of furan rings is 1. The van der Waals surface area contributed by atoms with Crippen molar-refractivity contribution in [1.82, 2.24) is 5.32 Å². The maximum atomic E-state index is 5.94. The lowest BCUT2D eigenvalue weighted by Gasteiger charge is -2.23. The zero-order valence-electron chi connectivity index (χ0n) is 10.1. The molecule has 1 saturated heterocycles. The summed E-state index contributed by atoms with van der Waals surface area (Å²) in [5.41, 5.74) is 1.20. The molecule has 0 amide bonds. The summed E-state index contributed by atoms with van der Waals surface area (Å²) in [6.07, 6.45) is 7.66. The van der Waals surface area contributed by atoms with Crippen molar-refractivity contribution in [3.63, 3.8) is 0 Å². The molecule has 0 saturated carbocycles. The molecule has 0 aliphatic carbocycles. The zero-order chi connectivity index (χ0) is 11.4. The molecule has 2 heterocycles. The molecule has 1 aliphatic heterocycles. The van der Waals surface area contributed by atoms with Gasteiger partial charge in [0.25, 0.3) is 0 Å². The van der Waals surface area contributed by atoms with E-state index >= 15 is 0 Å². The van der Waals surface area contributed by atoms with Crippen LogP contribution in [-0.4, -0.2) is 18.8 Å². The highest BCUT2D eigenvalue weighted by atomic mass is 16.5. The van der Waals surface area contributed by atoms with Gasteiger partial charge in [-0.1, -0.05) is 6.92 Å². The van der Waals surface area contributed by atoms with Gasteiger partial charge in [-0.25, -0.2) is 0 Å². The fourth-order valence-corrected chi connectivity index (χ4v) is 2.29. The van der Waals surface area contributed by atoms with Gasteiger partial charge in [0, 0.05) is 5.56 Å². The number of rotatable bonds is 5. The summed E-state index contributed by atoms with van der Waals surface area (Å²) in [5.74, 6) is 0. The molecule has 3 nitrogen and oxygen atoms in total. The molecule has 3 atom stereocenters. The first-order valence-electron chi connectivity index (χ1n) is 6.22. The first-order chi connectivity index (χ1) is 7.81. The number of hydrogen-bond acceptors (Lipinski definition) is 3. The molecule has 0 spiro atoms. The average molecular weight is 223 g/mol. The molecule has 3 heteroatoms. The predicted octanol–water partition coefficient (Wildman–Crippen LogP) is 2.89. The Hall–Kier alpha value is -0.800. The van der Waals surface area contributed by atoms with Crippen LogP contribution in [0.1, 0.15) is 44.7 Å². The van der Waals surface area contributed by atoms with Crippen molar-refractivity contribution >= 4 is 0 Å². The van der Waals surface area contributed by atoms with Crippen LogP contribution < -0.4 is 5.32 Å². The fraction of sp³-hybridized carbons (Fsp3) is 0.692. The molecule has 0 radical (unpaired) electrons. The molecule has 3 unspecified atom stereocenters. The van der Waals surface area contributed by atoms with Crippen LogP contribution in [0.15, 0.2) is 23.0 Å². The third-order valence-electron chi connectivity index (χ3n) is 3.15. The molecule has 90 valence electrons. The van der Waals surface area contributed by atoms with E-state index in [1.807, 2.05) is 12.3 Å². The first-order valence-corrected chi connectivity index (χ1v) is 6.22.